The average Bonchev–Trinajstić information content (AvgIpc) is 3.02. The Kier molecular flexibility index (Phi) is 4.20. The highest BCUT2D eigenvalue weighted by molar-refractivity contribution is 5.93. The molecular weight excluding hydrogens is 298 g/mol. The zero-order valence-electron chi connectivity index (χ0n) is 12.5. The number of esters is 1. The van der Waals surface area contributed by atoms with Crippen LogP contribution in [0.2, 0.25) is 0 Å². The second-order valence-corrected chi connectivity index (χ2v) is 4.75. The number of carbonyl (C=O) groups excluding carboxylic acids is 1. The van der Waals surface area contributed by atoms with Crippen LogP contribution in [0.15, 0.2) is 42.5 Å². The Balaban J connectivity index is 1.89. The van der Waals surface area contributed by atoms with E-state index in [1.165, 1.54) is 11.9 Å². The van der Waals surface area contributed by atoms with E-state index in [1.807, 2.05) is 12.1 Å². The third kappa shape index (κ3) is 3.14. The lowest BCUT2D eigenvalue weighted by Crippen LogP contribution is -2.02. The van der Waals surface area contributed by atoms with Crippen LogP contribution < -0.4 is 4.74 Å². The van der Waals surface area contributed by atoms with Gasteiger partial charge in [-0.25, -0.2) is 4.79 Å². The van der Waals surface area contributed by atoms with Crippen LogP contribution in [0.4, 0.5) is 0 Å². The molecule has 0 spiro atoms. The van der Waals surface area contributed by atoms with Gasteiger partial charge in [-0.2, -0.15) is 4.80 Å². The number of hydrogen-bond donors (Lipinski definition) is 1. The minimum atomic E-state index is -0.410. The van der Waals surface area contributed by atoms with Gasteiger partial charge in [-0.1, -0.05) is 0 Å². The average molecular weight is 313 g/mol. The van der Waals surface area contributed by atoms with Crippen molar-refractivity contribution in [1.29, 1.82) is 0 Å². The third-order valence-corrected chi connectivity index (χ3v) is 3.23. The number of rotatable bonds is 5. The number of carbonyl (C=O) groups is 1. The zero-order valence-corrected chi connectivity index (χ0v) is 12.5. The van der Waals surface area contributed by atoms with Crippen molar-refractivity contribution in [3.8, 4) is 11.4 Å². The van der Waals surface area contributed by atoms with Crippen LogP contribution in [0.25, 0.3) is 16.7 Å². The fraction of sp³-hybridized carbons (Fsp3) is 0.188. The smallest absolute Gasteiger partial charge is 0.337 e. The summed E-state index contributed by atoms with van der Waals surface area (Å²) in [6.07, 6.45) is 0. The Bertz CT molecular complexity index is 827. The van der Waals surface area contributed by atoms with E-state index < -0.39 is 5.97 Å². The maximum absolute atomic E-state index is 11.5. The molecule has 0 radical (unpaired) electrons. The zero-order chi connectivity index (χ0) is 16.2. The molecule has 118 valence electrons. The number of ether oxygens (including phenoxy) is 2. The number of hydrogen-bond acceptors (Lipinski definition) is 6. The molecule has 0 amide bonds. The van der Waals surface area contributed by atoms with Crippen LogP contribution >= 0.6 is 0 Å². The van der Waals surface area contributed by atoms with Crippen molar-refractivity contribution in [3.05, 3.63) is 48.0 Å². The van der Waals surface area contributed by atoms with Crippen LogP contribution in [0.1, 0.15) is 10.4 Å². The molecule has 0 saturated carbocycles. The van der Waals surface area contributed by atoms with Crippen LogP contribution in [0.3, 0.4) is 0 Å². The quantitative estimate of drug-likeness (QED) is 0.720. The van der Waals surface area contributed by atoms with Gasteiger partial charge in [0.05, 0.1) is 25.0 Å². The Morgan fingerprint density at radius 3 is 2.57 bits per heavy atom. The number of aromatic nitrogens is 3. The van der Waals surface area contributed by atoms with E-state index in [0.717, 1.165) is 5.69 Å². The highest BCUT2D eigenvalue weighted by atomic mass is 16.5. The van der Waals surface area contributed by atoms with E-state index in [1.54, 1.807) is 30.3 Å². The maximum Gasteiger partial charge on any atom is 0.337 e. The van der Waals surface area contributed by atoms with E-state index in [0.29, 0.717) is 22.3 Å². The van der Waals surface area contributed by atoms with Gasteiger partial charge in [-0.3, -0.25) is 0 Å². The van der Waals surface area contributed by atoms with Gasteiger partial charge < -0.3 is 14.6 Å². The van der Waals surface area contributed by atoms with Gasteiger partial charge in [0, 0.05) is 0 Å². The molecular formula is C16H15N3O4. The first-order valence-corrected chi connectivity index (χ1v) is 7.01. The van der Waals surface area contributed by atoms with Crippen molar-refractivity contribution in [1.82, 2.24) is 15.0 Å². The molecule has 23 heavy (non-hydrogen) atoms. The molecule has 3 aromatic rings. The van der Waals surface area contributed by atoms with E-state index in [9.17, 15) is 4.79 Å². The molecule has 0 atom stereocenters. The maximum atomic E-state index is 11.5. The predicted molar refractivity (Wildman–Crippen MR) is 82.8 cm³/mol. The van der Waals surface area contributed by atoms with Gasteiger partial charge in [0.1, 0.15) is 23.4 Å². The molecule has 0 aliphatic carbocycles. The molecule has 2 aromatic carbocycles. The highest BCUT2D eigenvalue weighted by Crippen LogP contribution is 2.17. The van der Waals surface area contributed by atoms with Gasteiger partial charge in [0.2, 0.25) is 0 Å². The van der Waals surface area contributed by atoms with E-state index in [4.69, 9.17) is 14.6 Å². The standard InChI is InChI=1S/C16H15N3O4/c1-22-16(21)11-2-7-14-15(10-11)18-19(17-14)12-3-5-13(6-4-12)23-9-8-20/h2-7,10,20H,8-9H2,1H3. The first-order chi connectivity index (χ1) is 11.2. The Hall–Kier alpha value is -2.93. The summed E-state index contributed by atoms with van der Waals surface area (Å²) >= 11 is 0. The fourth-order valence-corrected chi connectivity index (χ4v) is 2.11. The van der Waals surface area contributed by atoms with Gasteiger partial charge >= 0.3 is 5.97 Å². The minimum Gasteiger partial charge on any atom is -0.491 e. The van der Waals surface area contributed by atoms with Crippen LogP contribution in [0.5, 0.6) is 5.75 Å². The lowest BCUT2D eigenvalue weighted by Gasteiger charge is -2.04. The molecule has 0 aliphatic heterocycles. The van der Waals surface area contributed by atoms with Crippen molar-refractivity contribution >= 4 is 17.0 Å². The largest absolute Gasteiger partial charge is 0.491 e. The third-order valence-electron chi connectivity index (χ3n) is 3.23. The number of aliphatic hydroxyl groups excluding tert-OH is 1. The molecule has 0 saturated heterocycles. The van der Waals surface area contributed by atoms with Gasteiger partial charge in [-0.15, -0.1) is 10.2 Å². The summed E-state index contributed by atoms with van der Waals surface area (Å²) in [5, 5.41) is 17.5. The van der Waals surface area contributed by atoms with Gasteiger partial charge in [0.25, 0.3) is 0 Å². The lowest BCUT2D eigenvalue weighted by molar-refractivity contribution is 0.0601. The number of nitrogens with zero attached hydrogens (tertiary/aromatic N) is 3. The Morgan fingerprint density at radius 2 is 1.87 bits per heavy atom. The molecule has 1 N–H and O–H groups in total. The lowest BCUT2D eigenvalue weighted by atomic mass is 10.2. The molecule has 7 heteroatoms. The Labute approximate surface area is 132 Å². The summed E-state index contributed by atoms with van der Waals surface area (Å²) in [5.41, 5.74) is 2.48. The van der Waals surface area contributed by atoms with E-state index in [2.05, 4.69) is 10.2 Å². The number of fused-ring (bicyclic) bond motifs is 1. The second-order valence-electron chi connectivity index (χ2n) is 4.75. The molecule has 1 heterocycles. The van der Waals surface area contributed by atoms with Crippen LogP contribution in [-0.2, 0) is 4.74 Å². The first-order valence-electron chi connectivity index (χ1n) is 7.01. The summed E-state index contributed by atoms with van der Waals surface area (Å²) in [7, 11) is 1.34. The molecule has 3 rings (SSSR count). The molecule has 7 nitrogen and oxygen atoms in total. The minimum absolute atomic E-state index is 0.0314. The molecule has 0 fully saturated rings. The Morgan fingerprint density at radius 1 is 1.13 bits per heavy atom. The second kappa shape index (κ2) is 6.45. The molecule has 0 aliphatic rings. The monoisotopic (exact) mass is 313 g/mol. The summed E-state index contributed by atoms with van der Waals surface area (Å²) in [6, 6.07) is 12.2. The normalized spacial score (nSPS) is 10.7. The number of methoxy groups -OCH3 is 1. The molecule has 0 bridgehead atoms. The predicted octanol–water partition coefficient (Wildman–Crippen LogP) is 1.58. The molecule has 0 unspecified atom stereocenters. The summed E-state index contributed by atoms with van der Waals surface area (Å²) in [4.78, 5) is 13.0. The van der Waals surface area contributed by atoms with Gasteiger partial charge in [-0.05, 0) is 42.5 Å². The summed E-state index contributed by atoms with van der Waals surface area (Å²) in [5.74, 6) is 0.249. The number of benzene rings is 2. The summed E-state index contributed by atoms with van der Waals surface area (Å²) < 4.78 is 10.0. The van der Waals surface area contributed by atoms with E-state index in [-0.39, 0.29) is 13.2 Å². The van der Waals surface area contributed by atoms with Crippen molar-refractivity contribution < 1.29 is 19.4 Å². The summed E-state index contributed by atoms with van der Waals surface area (Å²) in [6.45, 7) is 0.218. The van der Waals surface area contributed by atoms with Crippen molar-refractivity contribution in [3.63, 3.8) is 0 Å². The first kappa shape index (κ1) is 15.0. The van der Waals surface area contributed by atoms with Crippen LogP contribution in [-0.4, -0.2) is 46.4 Å². The van der Waals surface area contributed by atoms with E-state index >= 15 is 0 Å². The molecule has 1 aromatic heterocycles. The van der Waals surface area contributed by atoms with Crippen LogP contribution in [0, 0.1) is 0 Å². The fourth-order valence-electron chi connectivity index (χ4n) is 2.11. The number of aliphatic hydroxyl groups is 1. The highest BCUT2D eigenvalue weighted by Gasteiger charge is 2.10. The van der Waals surface area contributed by atoms with Crippen molar-refractivity contribution in [2.75, 3.05) is 20.3 Å². The topological polar surface area (TPSA) is 86.5 Å². The van der Waals surface area contributed by atoms with Crippen molar-refractivity contribution in [2.24, 2.45) is 0 Å². The van der Waals surface area contributed by atoms with Gasteiger partial charge in [0.15, 0.2) is 0 Å². The SMILES string of the molecule is COC(=O)c1ccc2nn(-c3ccc(OCCO)cc3)nc2c1. The van der Waals surface area contributed by atoms with Crippen molar-refractivity contribution in [2.45, 2.75) is 0 Å².